The average Bonchev–Trinajstić information content (AvgIpc) is 3.03. The first-order chi connectivity index (χ1) is 15.3. The number of fused-ring (bicyclic) bond motifs is 1. The molecule has 0 aromatic heterocycles. The third-order valence-electron chi connectivity index (χ3n) is 5.63. The number of nitro benzene ring substituents is 1. The highest BCUT2D eigenvalue weighted by atomic mass is 35.5. The van der Waals surface area contributed by atoms with Crippen LogP contribution in [-0.4, -0.2) is 32.7 Å². The zero-order valence-corrected chi connectivity index (χ0v) is 18.1. The molecular weight excluding hydrogens is 457 g/mol. The Morgan fingerprint density at radius 3 is 2.28 bits per heavy atom. The maximum Gasteiger partial charge on any atom is 0.282 e. The molecule has 32 heavy (non-hydrogen) atoms. The summed E-state index contributed by atoms with van der Waals surface area (Å²) in [5.74, 6) is -3.03. The highest BCUT2D eigenvalue weighted by molar-refractivity contribution is 6.35. The van der Waals surface area contributed by atoms with E-state index in [9.17, 15) is 24.5 Å². The summed E-state index contributed by atoms with van der Waals surface area (Å²) in [6.45, 7) is -0.245. The van der Waals surface area contributed by atoms with Crippen LogP contribution < -0.4 is 0 Å². The molecule has 0 N–H and O–H groups in total. The van der Waals surface area contributed by atoms with E-state index in [1.165, 1.54) is 30.3 Å². The first kappa shape index (κ1) is 22.0. The Hall–Kier alpha value is -3.23. The Morgan fingerprint density at radius 1 is 1.06 bits per heavy atom. The summed E-state index contributed by atoms with van der Waals surface area (Å²) in [5, 5.41) is 13.9. The monoisotopic (exact) mass is 473 g/mol. The molecule has 0 spiro atoms. The lowest BCUT2D eigenvalue weighted by atomic mass is 9.85. The molecule has 4 rings (SSSR count). The Bertz CT molecular complexity index is 1140. The van der Waals surface area contributed by atoms with Crippen molar-refractivity contribution in [2.24, 2.45) is 11.8 Å². The van der Waals surface area contributed by atoms with Crippen LogP contribution in [0.5, 0.6) is 0 Å². The minimum atomic E-state index is -0.850. The summed E-state index contributed by atoms with van der Waals surface area (Å²) in [6, 6.07) is 10.0. The number of amides is 3. The molecule has 2 aromatic carbocycles. The minimum Gasteiger partial charge on any atom is -0.272 e. The number of carbonyl (C=O) groups excluding carboxylic acids is 3. The topological polar surface area (TPSA) is 101 Å². The van der Waals surface area contributed by atoms with Crippen molar-refractivity contribution in [3.05, 3.63) is 85.9 Å². The molecule has 1 heterocycles. The molecule has 2 atom stereocenters. The Kier molecular flexibility index (Phi) is 5.99. The SMILES string of the molecule is O=C(c1ccccc1[N+](=O)[O-])N(Cc1ccc(Cl)cc1Cl)N1C(=O)[C@H]2CC=CC[C@@H]2C1=O. The van der Waals surface area contributed by atoms with Crippen molar-refractivity contribution in [1.82, 2.24) is 10.0 Å². The van der Waals surface area contributed by atoms with Gasteiger partial charge >= 0.3 is 0 Å². The molecule has 2 aliphatic rings. The zero-order chi connectivity index (χ0) is 23.0. The molecule has 1 aliphatic carbocycles. The molecule has 10 heteroatoms. The first-order valence-electron chi connectivity index (χ1n) is 9.81. The third kappa shape index (κ3) is 3.87. The molecule has 0 radical (unpaired) electrons. The van der Waals surface area contributed by atoms with Gasteiger partial charge in [-0.05, 0) is 36.6 Å². The van der Waals surface area contributed by atoms with Gasteiger partial charge in [0.1, 0.15) is 5.56 Å². The number of rotatable bonds is 5. The van der Waals surface area contributed by atoms with Gasteiger partial charge in [0.25, 0.3) is 23.4 Å². The number of halogens is 2. The van der Waals surface area contributed by atoms with E-state index in [4.69, 9.17) is 23.2 Å². The molecule has 0 bridgehead atoms. The van der Waals surface area contributed by atoms with Crippen molar-refractivity contribution >= 4 is 46.6 Å². The normalized spacial score (nSPS) is 19.8. The van der Waals surface area contributed by atoms with E-state index in [0.29, 0.717) is 23.4 Å². The van der Waals surface area contributed by atoms with Gasteiger partial charge in [-0.2, -0.15) is 5.01 Å². The molecule has 0 unspecified atom stereocenters. The lowest BCUT2D eigenvalue weighted by molar-refractivity contribution is -0.385. The predicted molar refractivity (Wildman–Crippen MR) is 117 cm³/mol. The van der Waals surface area contributed by atoms with E-state index < -0.39 is 40.2 Å². The van der Waals surface area contributed by atoms with Crippen LogP contribution in [0.15, 0.2) is 54.6 Å². The standard InChI is InChI=1S/C22H17Cl2N3O5/c23-14-10-9-13(18(24)11-14)12-25(20(28)17-7-3-4-8-19(17)27(31)32)26-21(29)15-5-1-2-6-16(15)22(26)30/h1-4,7-11,15-16H,5-6,12H2/t15-,16-/m0/s1. The number of hydrogen-bond donors (Lipinski definition) is 0. The van der Waals surface area contributed by atoms with Gasteiger partial charge in [-0.15, -0.1) is 0 Å². The highest BCUT2D eigenvalue weighted by Crippen LogP contribution is 2.37. The number of benzene rings is 2. The Balaban J connectivity index is 1.79. The molecule has 1 fully saturated rings. The van der Waals surface area contributed by atoms with Crippen molar-refractivity contribution in [2.75, 3.05) is 0 Å². The van der Waals surface area contributed by atoms with Gasteiger partial charge in [0.2, 0.25) is 0 Å². The van der Waals surface area contributed by atoms with Crippen molar-refractivity contribution < 1.29 is 19.3 Å². The van der Waals surface area contributed by atoms with Crippen molar-refractivity contribution in [3.63, 3.8) is 0 Å². The van der Waals surface area contributed by atoms with Gasteiger partial charge in [0, 0.05) is 16.1 Å². The summed E-state index contributed by atoms with van der Waals surface area (Å²) in [5.41, 5.74) is -0.240. The summed E-state index contributed by atoms with van der Waals surface area (Å²) in [4.78, 5) is 50.7. The molecule has 8 nitrogen and oxygen atoms in total. The molecule has 3 amide bonds. The fourth-order valence-electron chi connectivity index (χ4n) is 4.02. The number of nitro groups is 1. The molecule has 1 saturated heterocycles. The van der Waals surface area contributed by atoms with Crippen LogP contribution in [0.1, 0.15) is 28.8 Å². The van der Waals surface area contributed by atoms with Crippen molar-refractivity contribution in [3.8, 4) is 0 Å². The number of para-hydroxylation sites is 1. The predicted octanol–water partition coefficient (Wildman–Crippen LogP) is 4.41. The van der Waals surface area contributed by atoms with Crippen molar-refractivity contribution in [1.29, 1.82) is 0 Å². The van der Waals surface area contributed by atoms with E-state index in [2.05, 4.69) is 0 Å². The number of hydrazine groups is 1. The number of imide groups is 1. The van der Waals surface area contributed by atoms with Crippen LogP contribution in [0, 0.1) is 22.0 Å². The second-order valence-electron chi connectivity index (χ2n) is 7.52. The molecular formula is C22H17Cl2N3O5. The van der Waals surface area contributed by atoms with Gasteiger partial charge in [-0.1, -0.05) is 53.6 Å². The van der Waals surface area contributed by atoms with Gasteiger partial charge in [-0.25, -0.2) is 5.01 Å². The highest BCUT2D eigenvalue weighted by Gasteiger charge is 2.51. The Labute approximate surface area is 193 Å². The van der Waals surface area contributed by atoms with Gasteiger partial charge in [-0.3, -0.25) is 24.5 Å². The van der Waals surface area contributed by atoms with Crippen LogP contribution in [0.3, 0.4) is 0 Å². The zero-order valence-electron chi connectivity index (χ0n) is 16.6. The van der Waals surface area contributed by atoms with Gasteiger partial charge in [0.15, 0.2) is 0 Å². The summed E-state index contributed by atoms with van der Waals surface area (Å²) >= 11 is 12.2. The van der Waals surface area contributed by atoms with Gasteiger partial charge < -0.3 is 0 Å². The maximum absolute atomic E-state index is 13.5. The summed E-state index contributed by atoms with van der Waals surface area (Å²) < 4.78 is 0. The smallest absolute Gasteiger partial charge is 0.272 e. The summed E-state index contributed by atoms with van der Waals surface area (Å²) in [6.07, 6.45) is 4.45. The van der Waals surface area contributed by atoms with E-state index in [1.54, 1.807) is 12.1 Å². The molecule has 1 aliphatic heterocycles. The average molecular weight is 474 g/mol. The van der Waals surface area contributed by atoms with Crippen LogP contribution >= 0.6 is 23.2 Å². The van der Waals surface area contributed by atoms with E-state index in [1.807, 2.05) is 12.2 Å². The molecule has 2 aromatic rings. The fourth-order valence-corrected chi connectivity index (χ4v) is 4.49. The maximum atomic E-state index is 13.5. The molecule has 0 saturated carbocycles. The lowest BCUT2D eigenvalue weighted by Gasteiger charge is -2.30. The van der Waals surface area contributed by atoms with Crippen LogP contribution in [0.2, 0.25) is 10.0 Å². The molecule has 164 valence electrons. The van der Waals surface area contributed by atoms with Crippen LogP contribution in [-0.2, 0) is 16.1 Å². The lowest BCUT2D eigenvalue weighted by Crippen LogP contribution is -2.50. The van der Waals surface area contributed by atoms with E-state index >= 15 is 0 Å². The number of hydrogen-bond acceptors (Lipinski definition) is 5. The van der Waals surface area contributed by atoms with E-state index in [0.717, 1.165) is 10.0 Å². The fraction of sp³-hybridized carbons (Fsp3) is 0.227. The van der Waals surface area contributed by atoms with Crippen molar-refractivity contribution in [2.45, 2.75) is 19.4 Å². The quantitative estimate of drug-likeness (QED) is 0.277. The van der Waals surface area contributed by atoms with Crippen LogP contribution in [0.25, 0.3) is 0 Å². The second-order valence-corrected chi connectivity index (χ2v) is 8.36. The van der Waals surface area contributed by atoms with Gasteiger partial charge in [0.05, 0.1) is 23.3 Å². The third-order valence-corrected chi connectivity index (χ3v) is 6.21. The number of carbonyl (C=O) groups is 3. The largest absolute Gasteiger partial charge is 0.282 e. The minimum absolute atomic E-state index is 0.232. The number of nitrogens with zero attached hydrogens (tertiary/aromatic N) is 3. The van der Waals surface area contributed by atoms with E-state index in [-0.39, 0.29) is 17.1 Å². The number of allylic oxidation sites excluding steroid dienone is 2. The van der Waals surface area contributed by atoms with Crippen LogP contribution in [0.4, 0.5) is 5.69 Å². The Morgan fingerprint density at radius 2 is 1.69 bits per heavy atom. The first-order valence-corrected chi connectivity index (χ1v) is 10.6. The second kappa shape index (κ2) is 8.72. The summed E-state index contributed by atoms with van der Waals surface area (Å²) in [7, 11) is 0.